The lowest BCUT2D eigenvalue weighted by atomic mass is 9.96. The second-order valence-corrected chi connectivity index (χ2v) is 7.30. The molecule has 6 heteroatoms. The van der Waals surface area contributed by atoms with Gasteiger partial charge in [-0.25, -0.2) is 14.1 Å². The molecule has 2 heterocycles. The molecule has 5 nitrogen and oxygen atoms in total. The monoisotopic (exact) mass is 367 g/mol. The average molecular weight is 367 g/mol. The van der Waals surface area contributed by atoms with E-state index in [1.807, 2.05) is 6.20 Å². The first-order chi connectivity index (χ1) is 13.3. The van der Waals surface area contributed by atoms with E-state index in [1.165, 1.54) is 31.4 Å². The molecule has 0 aliphatic heterocycles. The van der Waals surface area contributed by atoms with Gasteiger partial charge in [-0.15, -0.1) is 0 Å². The highest BCUT2D eigenvalue weighted by atomic mass is 19.1. The fourth-order valence-corrected chi connectivity index (χ4v) is 3.79. The van der Waals surface area contributed by atoms with Crippen LogP contribution in [-0.2, 0) is 0 Å². The third-order valence-electron chi connectivity index (χ3n) is 5.30. The zero-order valence-corrected chi connectivity index (χ0v) is 15.8. The Morgan fingerprint density at radius 3 is 2.67 bits per heavy atom. The first kappa shape index (κ1) is 17.9. The number of nitrogens with one attached hydrogen (secondary N) is 1. The lowest BCUT2D eigenvalue weighted by molar-refractivity contribution is 0.336. The third kappa shape index (κ3) is 3.80. The van der Waals surface area contributed by atoms with Crippen molar-refractivity contribution in [2.24, 2.45) is 0 Å². The molecular formula is C21H26FN5. The number of benzene rings is 1. The first-order valence-corrected chi connectivity index (χ1v) is 10.0. The second kappa shape index (κ2) is 8.03. The molecule has 0 unspecified atom stereocenters. The number of nitrogens with zero attached hydrogens (tertiary/aromatic N) is 4. The Morgan fingerprint density at radius 1 is 1.15 bits per heavy atom. The zero-order valence-electron chi connectivity index (χ0n) is 15.8. The van der Waals surface area contributed by atoms with E-state index in [0.717, 1.165) is 54.5 Å². The molecular weight excluding hydrogens is 341 g/mol. The molecule has 142 valence electrons. The molecule has 0 saturated heterocycles. The normalized spacial score (nSPS) is 15.3. The summed E-state index contributed by atoms with van der Waals surface area (Å²) in [6.45, 7) is 3.03. The molecule has 0 amide bonds. The summed E-state index contributed by atoms with van der Waals surface area (Å²) < 4.78 is 15.4. The van der Waals surface area contributed by atoms with Crippen molar-refractivity contribution >= 4 is 17.0 Å². The molecule has 0 bridgehead atoms. The topological polar surface area (TPSA) is 55.6 Å². The summed E-state index contributed by atoms with van der Waals surface area (Å²) in [6.07, 6.45) is 10.1. The van der Waals surface area contributed by atoms with Gasteiger partial charge in [0.05, 0.1) is 11.4 Å². The van der Waals surface area contributed by atoms with E-state index in [-0.39, 0.29) is 5.82 Å². The minimum Gasteiger partial charge on any atom is -0.354 e. The minimum absolute atomic E-state index is 0.242. The van der Waals surface area contributed by atoms with Crippen LogP contribution in [0.5, 0.6) is 0 Å². The van der Waals surface area contributed by atoms with Gasteiger partial charge in [-0.05, 0) is 43.5 Å². The average Bonchev–Trinajstić information content (AvgIpc) is 3.08. The molecule has 3 aromatic rings. The fraction of sp³-hybridized carbons (Fsp3) is 0.476. The Kier molecular flexibility index (Phi) is 5.32. The molecule has 1 aromatic carbocycles. The molecule has 1 fully saturated rings. The highest BCUT2D eigenvalue weighted by Crippen LogP contribution is 2.34. The number of aromatic nitrogens is 4. The Morgan fingerprint density at radius 2 is 1.93 bits per heavy atom. The number of halogens is 1. The Hall–Kier alpha value is -2.50. The predicted molar refractivity (Wildman–Crippen MR) is 106 cm³/mol. The van der Waals surface area contributed by atoms with Crippen LogP contribution < -0.4 is 5.32 Å². The van der Waals surface area contributed by atoms with Gasteiger partial charge in [0.1, 0.15) is 11.5 Å². The summed E-state index contributed by atoms with van der Waals surface area (Å²) in [5.74, 6) is 0.409. The lowest BCUT2D eigenvalue weighted by Crippen LogP contribution is -2.15. The van der Waals surface area contributed by atoms with E-state index in [9.17, 15) is 4.39 Å². The summed E-state index contributed by atoms with van der Waals surface area (Å²) in [4.78, 5) is 9.28. The minimum atomic E-state index is -0.242. The largest absolute Gasteiger partial charge is 0.354 e. The van der Waals surface area contributed by atoms with Gasteiger partial charge in [0, 0.05) is 18.3 Å². The number of hydrogen-bond donors (Lipinski definition) is 1. The number of rotatable bonds is 6. The summed E-state index contributed by atoms with van der Waals surface area (Å²) in [7, 11) is 0. The Labute approximate surface area is 159 Å². The highest BCUT2D eigenvalue weighted by molar-refractivity contribution is 5.91. The van der Waals surface area contributed by atoms with Crippen LogP contribution in [0.2, 0.25) is 0 Å². The van der Waals surface area contributed by atoms with E-state index in [2.05, 4.69) is 21.9 Å². The van der Waals surface area contributed by atoms with Crippen LogP contribution >= 0.6 is 0 Å². The molecule has 27 heavy (non-hydrogen) atoms. The fourth-order valence-electron chi connectivity index (χ4n) is 3.79. The van der Waals surface area contributed by atoms with Crippen molar-refractivity contribution in [3.05, 3.63) is 36.3 Å². The van der Waals surface area contributed by atoms with Gasteiger partial charge in [0.2, 0.25) is 5.95 Å². The van der Waals surface area contributed by atoms with Crippen LogP contribution in [0.15, 0.2) is 30.5 Å². The van der Waals surface area contributed by atoms with Gasteiger partial charge < -0.3 is 5.32 Å². The third-order valence-corrected chi connectivity index (χ3v) is 5.30. The zero-order chi connectivity index (χ0) is 18.6. The van der Waals surface area contributed by atoms with Crippen LogP contribution in [0.1, 0.15) is 57.9 Å². The van der Waals surface area contributed by atoms with Gasteiger partial charge in [-0.3, -0.25) is 0 Å². The SMILES string of the molecule is CCCCNc1ncc2c(-c3ccc(F)cc3)nn(C3CCCCC3)c2n1. The van der Waals surface area contributed by atoms with Crippen LogP contribution in [0.4, 0.5) is 10.3 Å². The van der Waals surface area contributed by atoms with Gasteiger partial charge in [-0.2, -0.15) is 10.1 Å². The standard InChI is InChI=1S/C21H26FN5/c1-2-3-13-23-21-24-14-18-19(15-9-11-16(22)12-10-15)26-27(20(18)25-21)17-7-5-4-6-8-17/h9-12,14,17H,2-8,13H2,1H3,(H,23,24,25). The summed E-state index contributed by atoms with van der Waals surface area (Å²) in [5, 5.41) is 9.15. The molecule has 0 radical (unpaired) electrons. The maximum atomic E-state index is 13.4. The van der Waals surface area contributed by atoms with Crippen LogP contribution in [0.25, 0.3) is 22.3 Å². The molecule has 1 aliphatic rings. The Bertz CT molecular complexity index is 897. The maximum absolute atomic E-state index is 13.4. The van der Waals surface area contributed by atoms with E-state index in [4.69, 9.17) is 10.1 Å². The maximum Gasteiger partial charge on any atom is 0.224 e. The molecule has 2 aromatic heterocycles. The van der Waals surface area contributed by atoms with E-state index in [0.29, 0.717) is 12.0 Å². The molecule has 0 spiro atoms. The van der Waals surface area contributed by atoms with Gasteiger partial charge in [0.25, 0.3) is 0 Å². The first-order valence-electron chi connectivity index (χ1n) is 10.0. The van der Waals surface area contributed by atoms with Crippen molar-refractivity contribution in [2.75, 3.05) is 11.9 Å². The number of unbranched alkanes of at least 4 members (excludes halogenated alkanes) is 1. The highest BCUT2D eigenvalue weighted by Gasteiger charge is 2.22. The second-order valence-electron chi connectivity index (χ2n) is 7.30. The van der Waals surface area contributed by atoms with Gasteiger partial charge in [-0.1, -0.05) is 32.6 Å². The van der Waals surface area contributed by atoms with Crippen molar-refractivity contribution < 1.29 is 4.39 Å². The number of fused-ring (bicyclic) bond motifs is 1. The van der Waals surface area contributed by atoms with E-state index < -0.39 is 0 Å². The lowest BCUT2D eigenvalue weighted by Gasteiger charge is -2.22. The summed E-state index contributed by atoms with van der Waals surface area (Å²) in [5.41, 5.74) is 2.59. The molecule has 0 atom stereocenters. The van der Waals surface area contributed by atoms with Gasteiger partial charge >= 0.3 is 0 Å². The molecule has 1 N–H and O–H groups in total. The quantitative estimate of drug-likeness (QED) is 0.597. The van der Waals surface area contributed by atoms with Gasteiger partial charge in [0.15, 0.2) is 5.65 Å². The van der Waals surface area contributed by atoms with Crippen molar-refractivity contribution in [1.29, 1.82) is 0 Å². The van der Waals surface area contributed by atoms with Crippen molar-refractivity contribution in [3.8, 4) is 11.3 Å². The molecule has 1 saturated carbocycles. The van der Waals surface area contributed by atoms with Crippen molar-refractivity contribution in [1.82, 2.24) is 19.7 Å². The summed E-state index contributed by atoms with van der Waals surface area (Å²) in [6, 6.07) is 6.87. The Balaban J connectivity index is 1.77. The van der Waals surface area contributed by atoms with Crippen molar-refractivity contribution in [3.63, 3.8) is 0 Å². The van der Waals surface area contributed by atoms with E-state index >= 15 is 0 Å². The number of hydrogen-bond acceptors (Lipinski definition) is 4. The van der Waals surface area contributed by atoms with Crippen LogP contribution in [-0.4, -0.2) is 26.3 Å². The molecule has 1 aliphatic carbocycles. The smallest absolute Gasteiger partial charge is 0.224 e. The molecule has 4 rings (SSSR count). The summed E-state index contributed by atoms with van der Waals surface area (Å²) >= 11 is 0. The van der Waals surface area contributed by atoms with Crippen LogP contribution in [0.3, 0.4) is 0 Å². The van der Waals surface area contributed by atoms with E-state index in [1.54, 1.807) is 12.1 Å². The predicted octanol–water partition coefficient (Wildman–Crippen LogP) is 5.35. The van der Waals surface area contributed by atoms with Crippen LogP contribution in [0, 0.1) is 5.82 Å². The number of anilines is 1. The van der Waals surface area contributed by atoms with Crippen molar-refractivity contribution in [2.45, 2.75) is 57.9 Å².